The molecule has 4 aromatic rings. The van der Waals surface area contributed by atoms with Gasteiger partial charge >= 0.3 is 0 Å². The highest BCUT2D eigenvalue weighted by Gasteiger charge is 2.25. The maximum absolute atomic E-state index is 13.3. The molecule has 0 aliphatic carbocycles. The van der Waals surface area contributed by atoms with Gasteiger partial charge in [0.2, 0.25) is 17.5 Å². The topological polar surface area (TPSA) is 113 Å². The van der Waals surface area contributed by atoms with Gasteiger partial charge in [0.05, 0.1) is 17.3 Å². The van der Waals surface area contributed by atoms with Crippen molar-refractivity contribution in [3.05, 3.63) is 51.9 Å². The predicted octanol–water partition coefficient (Wildman–Crippen LogP) is 3.91. The standard InChI is InChI=1S/C23H24BrN7O3/c1-3-4-5-11-30-21-16(13-17(24)25-21)22(32)31-18(27-28-23(30)31)9-10-19-26-20(29-34-19)14-7-6-8-15(12-14)33-2/h6-8,12H,3-5,9-11,13H2,1-2H3. The zero-order valence-corrected chi connectivity index (χ0v) is 20.6. The highest BCUT2D eigenvalue weighted by molar-refractivity contribution is 9.18. The summed E-state index contributed by atoms with van der Waals surface area (Å²) in [7, 11) is 1.61. The molecule has 4 heterocycles. The van der Waals surface area contributed by atoms with Crippen LogP contribution in [0.3, 0.4) is 0 Å². The third kappa shape index (κ3) is 4.15. The first-order valence-electron chi connectivity index (χ1n) is 11.3. The number of ether oxygens (including phenoxy) is 1. The van der Waals surface area contributed by atoms with Crippen molar-refractivity contribution in [3.8, 4) is 17.1 Å². The van der Waals surface area contributed by atoms with Crippen LogP contribution in [0.5, 0.6) is 5.75 Å². The molecule has 5 rings (SSSR count). The van der Waals surface area contributed by atoms with E-state index in [0.29, 0.717) is 54.0 Å². The third-order valence-electron chi connectivity index (χ3n) is 5.83. The van der Waals surface area contributed by atoms with Crippen molar-refractivity contribution in [1.29, 1.82) is 0 Å². The first kappa shape index (κ1) is 22.5. The van der Waals surface area contributed by atoms with E-state index >= 15 is 0 Å². The number of hydrogen-bond donors (Lipinski definition) is 0. The molecule has 11 heteroatoms. The molecule has 0 fully saturated rings. The van der Waals surface area contributed by atoms with Gasteiger partial charge in [0, 0.05) is 31.4 Å². The fourth-order valence-electron chi connectivity index (χ4n) is 4.10. The lowest BCUT2D eigenvalue weighted by Crippen LogP contribution is -2.24. The summed E-state index contributed by atoms with van der Waals surface area (Å²) < 4.78 is 15.1. The predicted molar refractivity (Wildman–Crippen MR) is 130 cm³/mol. The van der Waals surface area contributed by atoms with Crippen molar-refractivity contribution in [2.45, 2.75) is 52.0 Å². The molecule has 0 N–H and O–H groups in total. The molecular formula is C23H24BrN7O3. The quantitative estimate of drug-likeness (QED) is 0.304. The Morgan fingerprint density at radius 1 is 1.21 bits per heavy atom. The molecule has 0 spiro atoms. The van der Waals surface area contributed by atoms with Crippen LogP contribution in [-0.2, 0) is 25.8 Å². The van der Waals surface area contributed by atoms with E-state index in [4.69, 9.17) is 9.26 Å². The van der Waals surface area contributed by atoms with Crippen LogP contribution in [0, 0.1) is 0 Å². The molecule has 1 aliphatic heterocycles. The molecule has 3 aromatic heterocycles. The van der Waals surface area contributed by atoms with Gasteiger partial charge in [-0.15, -0.1) is 10.2 Å². The van der Waals surface area contributed by atoms with Crippen LogP contribution in [0.25, 0.3) is 17.2 Å². The summed E-state index contributed by atoms with van der Waals surface area (Å²) in [6.45, 7) is 2.89. The minimum atomic E-state index is -0.127. The molecule has 0 saturated carbocycles. The van der Waals surface area contributed by atoms with Gasteiger partial charge in [-0.3, -0.25) is 9.36 Å². The Hall–Kier alpha value is -3.34. The summed E-state index contributed by atoms with van der Waals surface area (Å²) >= 11 is 3.46. The summed E-state index contributed by atoms with van der Waals surface area (Å²) in [6.07, 6.45) is 4.52. The van der Waals surface area contributed by atoms with Crippen LogP contribution in [0.15, 0.2) is 38.6 Å². The fraction of sp³-hybridized carbons (Fsp3) is 0.391. The lowest BCUT2D eigenvalue weighted by atomic mass is 10.2. The summed E-state index contributed by atoms with van der Waals surface area (Å²) in [5.74, 6) is 3.43. The van der Waals surface area contributed by atoms with Gasteiger partial charge in [-0.25, -0.2) is 9.39 Å². The van der Waals surface area contributed by atoms with E-state index in [1.54, 1.807) is 11.5 Å². The van der Waals surface area contributed by atoms with Gasteiger partial charge in [-0.1, -0.05) is 37.1 Å². The first-order chi connectivity index (χ1) is 16.6. The molecule has 0 atom stereocenters. The van der Waals surface area contributed by atoms with Gasteiger partial charge in [0.25, 0.3) is 5.56 Å². The zero-order chi connectivity index (χ0) is 23.7. The number of fused-ring (bicyclic) bond motifs is 2. The van der Waals surface area contributed by atoms with Gasteiger partial charge in [0.1, 0.15) is 17.4 Å². The monoisotopic (exact) mass is 525 g/mol. The highest BCUT2D eigenvalue weighted by Crippen LogP contribution is 2.28. The van der Waals surface area contributed by atoms with E-state index in [2.05, 4.69) is 48.2 Å². The molecular weight excluding hydrogens is 502 g/mol. The van der Waals surface area contributed by atoms with Gasteiger partial charge < -0.3 is 9.26 Å². The average molecular weight is 526 g/mol. The first-order valence-corrected chi connectivity index (χ1v) is 12.1. The largest absolute Gasteiger partial charge is 0.497 e. The van der Waals surface area contributed by atoms with E-state index in [-0.39, 0.29) is 5.56 Å². The Kier molecular flexibility index (Phi) is 6.27. The lowest BCUT2D eigenvalue weighted by molar-refractivity contribution is 0.378. The number of unbranched alkanes of at least 4 members (excludes halogenated alkanes) is 2. The molecule has 1 aliphatic rings. The smallest absolute Gasteiger partial charge is 0.266 e. The fourth-order valence-corrected chi connectivity index (χ4v) is 4.55. The second-order valence-electron chi connectivity index (χ2n) is 8.13. The van der Waals surface area contributed by atoms with E-state index in [1.807, 2.05) is 28.8 Å². The van der Waals surface area contributed by atoms with Crippen LogP contribution >= 0.6 is 15.9 Å². The number of aryl methyl sites for hydroxylation is 3. The molecule has 1 aromatic carbocycles. The Morgan fingerprint density at radius 2 is 2.09 bits per heavy atom. The molecule has 0 saturated heterocycles. The Morgan fingerprint density at radius 3 is 2.91 bits per heavy atom. The van der Waals surface area contributed by atoms with Crippen LogP contribution in [0.2, 0.25) is 0 Å². The van der Waals surface area contributed by atoms with E-state index in [0.717, 1.165) is 41.7 Å². The second kappa shape index (κ2) is 9.49. The molecule has 10 nitrogen and oxygen atoms in total. The van der Waals surface area contributed by atoms with Gasteiger partial charge in [-0.2, -0.15) is 4.98 Å². The minimum Gasteiger partial charge on any atom is -0.497 e. The Bertz CT molecular complexity index is 1440. The van der Waals surface area contributed by atoms with E-state index in [9.17, 15) is 4.79 Å². The van der Waals surface area contributed by atoms with Crippen LogP contribution < -0.4 is 10.3 Å². The average Bonchev–Trinajstić information content (AvgIpc) is 3.58. The summed E-state index contributed by atoms with van der Waals surface area (Å²) in [5.41, 5.74) is 1.34. The van der Waals surface area contributed by atoms with Crippen molar-refractivity contribution in [2.24, 2.45) is 4.99 Å². The molecule has 176 valence electrons. The van der Waals surface area contributed by atoms with Gasteiger partial charge in [0.15, 0.2) is 0 Å². The maximum Gasteiger partial charge on any atom is 0.266 e. The number of aliphatic imine (C=N–C) groups is 1. The second-order valence-corrected chi connectivity index (χ2v) is 9.04. The number of hydrogen-bond acceptors (Lipinski definition) is 8. The van der Waals surface area contributed by atoms with Crippen molar-refractivity contribution in [2.75, 3.05) is 7.11 Å². The molecule has 0 amide bonds. The number of rotatable bonds is 9. The molecule has 0 bridgehead atoms. The summed E-state index contributed by atoms with van der Waals surface area (Å²) in [4.78, 5) is 22.4. The van der Waals surface area contributed by atoms with Gasteiger partial charge in [-0.05, 0) is 34.5 Å². The molecule has 0 radical (unpaired) electrons. The lowest BCUT2D eigenvalue weighted by Gasteiger charge is -2.12. The number of methoxy groups -OCH3 is 1. The number of nitrogens with zero attached hydrogens (tertiary/aromatic N) is 7. The van der Waals surface area contributed by atoms with E-state index < -0.39 is 0 Å². The zero-order valence-electron chi connectivity index (χ0n) is 19.0. The SMILES string of the molecule is CCCCCn1c2c(c(=O)n3c(CCc4nc(-c5cccc(OC)c5)no4)nnc13)CC(Br)=N2. The normalized spacial score (nSPS) is 12.9. The Labute approximate surface area is 203 Å². The van der Waals surface area contributed by atoms with Crippen molar-refractivity contribution in [3.63, 3.8) is 0 Å². The molecule has 34 heavy (non-hydrogen) atoms. The molecule has 0 unspecified atom stereocenters. The van der Waals surface area contributed by atoms with Crippen molar-refractivity contribution < 1.29 is 9.26 Å². The number of aromatic nitrogens is 6. The highest BCUT2D eigenvalue weighted by atomic mass is 79.9. The van der Waals surface area contributed by atoms with Crippen LogP contribution in [0.1, 0.15) is 43.5 Å². The summed E-state index contributed by atoms with van der Waals surface area (Å²) in [6, 6.07) is 7.47. The number of halogens is 1. The third-order valence-corrected chi connectivity index (χ3v) is 6.29. The summed E-state index contributed by atoms with van der Waals surface area (Å²) in [5, 5.41) is 12.8. The van der Waals surface area contributed by atoms with Crippen LogP contribution in [-0.4, -0.2) is 41.0 Å². The minimum absolute atomic E-state index is 0.127. The number of benzene rings is 1. The Balaban J connectivity index is 1.42. The van der Waals surface area contributed by atoms with Crippen LogP contribution in [0.4, 0.5) is 5.82 Å². The van der Waals surface area contributed by atoms with Crippen molar-refractivity contribution in [1.82, 2.24) is 29.3 Å². The maximum atomic E-state index is 13.3. The van der Waals surface area contributed by atoms with Crippen molar-refractivity contribution >= 4 is 32.1 Å². The van der Waals surface area contributed by atoms with E-state index in [1.165, 1.54) is 0 Å².